The van der Waals surface area contributed by atoms with E-state index < -0.39 is 11.0 Å². The van der Waals surface area contributed by atoms with E-state index in [2.05, 4.69) is 0 Å². The van der Waals surface area contributed by atoms with Crippen molar-refractivity contribution in [2.75, 3.05) is 0 Å². The van der Waals surface area contributed by atoms with Crippen LogP contribution in [0.5, 0.6) is 11.5 Å². The number of nitrogens with zero attached hydrogens (tertiary/aromatic N) is 1. The van der Waals surface area contributed by atoms with Crippen LogP contribution in [0.1, 0.15) is 24.2 Å². The Balaban J connectivity index is 2.39. The normalized spacial score (nSPS) is 12.0. The molecule has 0 bridgehead atoms. The largest absolute Gasteiger partial charge is 0.450 e. The molecule has 0 fully saturated rings. The molecular weight excluding hydrogens is 277 g/mol. The number of hydrogen-bond donors (Lipinski definition) is 1. The molecular formula is C15H14FNO4. The standard InChI is InChI=1S/C15H14FNO4/c1-9-7-12(4-5-13(9)16)21-15-6-3-11(10(2)18)8-14(15)17(19)20/h3-8,10,18H,1-2H3/t10-/m0/s1. The number of halogens is 1. The fourth-order valence-electron chi connectivity index (χ4n) is 1.83. The number of nitro benzene ring substituents is 1. The summed E-state index contributed by atoms with van der Waals surface area (Å²) < 4.78 is 18.6. The van der Waals surface area contributed by atoms with Crippen LogP contribution in [0.25, 0.3) is 0 Å². The molecule has 0 radical (unpaired) electrons. The van der Waals surface area contributed by atoms with E-state index in [1.54, 1.807) is 13.0 Å². The average molecular weight is 291 g/mol. The molecule has 2 aromatic carbocycles. The van der Waals surface area contributed by atoms with Gasteiger partial charge in [0.05, 0.1) is 11.0 Å². The minimum absolute atomic E-state index is 0.0374. The average Bonchev–Trinajstić information content (AvgIpc) is 2.43. The smallest absolute Gasteiger partial charge is 0.311 e. The fourth-order valence-corrected chi connectivity index (χ4v) is 1.83. The molecule has 0 aromatic heterocycles. The van der Waals surface area contributed by atoms with Gasteiger partial charge in [0.2, 0.25) is 5.75 Å². The summed E-state index contributed by atoms with van der Waals surface area (Å²) in [5, 5.41) is 20.6. The molecule has 0 aliphatic rings. The van der Waals surface area contributed by atoms with Crippen LogP contribution >= 0.6 is 0 Å². The van der Waals surface area contributed by atoms with E-state index in [4.69, 9.17) is 4.74 Å². The molecule has 21 heavy (non-hydrogen) atoms. The summed E-state index contributed by atoms with van der Waals surface area (Å²) in [5.74, 6) is -0.0292. The SMILES string of the molecule is Cc1cc(Oc2ccc([C@H](C)O)cc2[N+](=O)[O-])ccc1F. The van der Waals surface area contributed by atoms with Crippen molar-refractivity contribution >= 4 is 5.69 Å². The summed E-state index contributed by atoms with van der Waals surface area (Å²) in [6.07, 6.45) is -0.814. The molecule has 5 nitrogen and oxygen atoms in total. The number of aliphatic hydroxyl groups is 1. The third-order valence-electron chi connectivity index (χ3n) is 3.02. The van der Waals surface area contributed by atoms with Crippen LogP contribution in [0.4, 0.5) is 10.1 Å². The van der Waals surface area contributed by atoms with E-state index in [9.17, 15) is 19.6 Å². The summed E-state index contributed by atoms with van der Waals surface area (Å²) in [7, 11) is 0. The van der Waals surface area contributed by atoms with Crippen molar-refractivity contribution in [1.82, 2.24) is 0 Å². The molecule has 2 rings (SSSR count). The molecule has 0 saturated carbocycles. The lowest BCUT2D eigenvalue weighted by molar-refractivity contribution is -0.385. The number of rotatable bonds is 4. The molecule has 1 atom stereocenters. The number of benzene rings is 2. The van der Waals surface area contributed by atoms with Gasteiger partial charge < -0.3 is 9.84 Å². The number of aryl methyl sites for hydroxylation is 1. The Morgan fingerprint density at radius 3 is 2.57 bits per heavy atom. The van der Waals surface area contributed by atoms with E-state index in [-0.39, 0.29) is 17.3 Å². The second kappa shape index (κ2) is 5.88. The molecule has 110 valence electrons. The molecule has 0 saturated heterocycles. The Morgan fingerprint density at radius 2 is 2.00 bits per heavy atom. The van der Waals surface area contributed by atoms with Gasteiger partial charge >= 0.3 is 5.69 Å². The molecule has 0 unspecified atom stereocenters. The highest BCUT2D eigenvalue weighted by Crippen LogP contribution is 2.34. The first kappa shape index (κ1) is 14.9. The second-order valence-corrected chi connectivity index (χ2v) is 4.67. The van der Waals surface area contributed by atoms with Gasteiger partial charge in [0.25, 0.3) is 0 Å². The van der Waals surface area contributed by atoms with Crippen molar-refractivity contribution in [3.63, 3.8) is 0 Å². The zero-order valence-corrected chi connectivity index (χ0v) is 11.5. The van der Waals surface area contributed by atoms with Crippen LogP contribution in [0.3, 0.4) is 0 Å². The van der Waals surface area contributed by atoms with Gasteiger partial charge in [-0.1, -0.05) is 6.07 Å². The van der Waals surface area contributed by atoms with Crippen LogP contribution in [0.2, 0.25) is 0 Å². The maximum atomic E-state index is 13.2. The van der Waals surface area contributed by atoms with Crippen molar-refractivity contribution in [1.29, 1.82) is 0 Å². The zero-order valence-electron chi connectivity index (χ0n) is 11.5. The van der Waals surface area contributed by atoms with Gasteiger partial charge in [-0.05, 0) is 49.2 Å². The van der Waals surface area contributed by atoms with E-state index >= 15 is 0 Å². The van der Waals surface area contributed by atoms with Crippen LogP contribution in [-0.4, -0.2) is 10.0 Å². The van der Waals surface area contributed by atoms with Crippen LogP contribution in [0.15, 0.2) is 36.4 Å². The quantitative estimate of drug-likeness (QED) is 0.685. The Bertz CT molecular complexity index is 685. The minimum atomic E-state index is -0.814. The van der Waals surface area contributed by atoms with E-state index in [0.717, 1.165) is 0 Å². The van der Waals surface area contributed by atoms with Gasteiger partial charge in [0.1, 0.15) is 11.6 Å². The van der Waals surface area contributed by atoms with Gasteiger partial charge in [-0.15, -0.1) is 0 Å². The van der Waals surface area contributed by atoms with E-state index in [1.807, 2.05) is 0 Å². The molecule has 0 amide bonds. The molecule has 2 aromatic rings. The van der Waals surface area contributed by atoms with Crippen molar-refractivity contribution in [3.05, 3.63) is 63.5 Å². The van der Waals surface area contributed by atoms with Gasteiger partial charge in [0.15, 0.2) is 0 Å². The van der Waals surface area contributed by atoms with Gasteiger partial charge in [-0.2, -0.15) is 0 Å². The lowest BCUT2D eigenvalue weighted by Crippen LogP contribution is -1.98. The molecule has 1 N–H and O–H groups in total. The topological polar surface area (TPSA) is 72.6 Å². The molecule has 0 aliphatic carbocycles. The Kier molecular flexibility index (Phi) is 4.18. The molecule has 0 heterocycles. The minimum Gasteiger partial charge on any atom is -0.450 e. The van der Waals surface area contributed by atoms with Crippen molar-refractivity contribution in [3.8, 4) is 11.5 Å². The lowest BCUT2D eigenvalue weighted by atomic mass is 10.1. The Morgan fingerprint density at radius 1 is 1.29 bits per heavy atom. The molecule has 0 spiro atoms. The summed E-state index contributed by atoms with van der Waals surface area (Å²) in [6, 6.07) is 8.32. The Hall–Kier alpha value is -2.47. The van der Waals surface area contributed by atoms with Crippen LogP contribution in [-0.2, 0) is 0 Å². The van der Waals surface area contributed by atoms with Crippen LogP contribution in [0, 0.1) is 22.9 Å². The third-order valence-corrected chi connectivity index (χ3v) is 3.02. The van der Waals surface area contributed by atoms with Gasteiger partial charge in [0, 0.05) is 6.07 Å². The number of hydrogen-bond acceptors (Lipinski definition) is 4. The first-order valence-electron chi connectivity index (χ1n) is 6.29. The van der Waals surface area contributed by atoms with Gasteiger partial charge in [-0.25, -0.2) is 4.39 Å². The highest BCUT2D eigenvalue weighted by molar-refractivity contribution is 5.51. The van der Waals surface area contributed by atoms with Gasteiger partial charge in [-0.3, -0.25) is 10.1 Å². The highest BCUT2D eigenvalue weighted by Gasteiger charge is 2.18. The predicted octanol–water partition coefficient (Wildman–Crippen LogP) is 3.89. The van der Waals surface area contributed by atoms with Crippen molar-refractivity contribution in [2.45, 2.75) is 20.0 Å². The Labute approximate surface area is 120 Å². The summed E-state index contributed by atoms with van der Waals surface area (Å²) in [5.41, 5.74) is 0.551. The summed E-state index contributed by atoms with van der Waals surface area (Å²) in [6.45, 7) is 3.09. The zero-order chi connectivity index (χ0) is 15.6. The van der Waals surface area contributed by atoms with Crippen molar-refractivity contribution < 1.29 is 19.2 Å². The van der Waals surface area contributed by atoms with Crippen molar-refractivity contribution in [2.24, 2.45) is 0 Å². The third kappa shape index (κ3) is 3.35. The number of ether oxygens (including phenoxy) is 1. The van der Waals surface area contributed by atoms with E-state index in [0.29, 0.717) is 16.9 Å². The maximum absolute atomic E-state index is 13.2. The summed E-state index contributed by atoms with van der Waals surface area (Å²) >= 11 is 0. The summed E-state index contributed by atoms with van der Waals surface area (Å²) in [4.78, 5) is 10.5. The fraction of sp³-hybridized carbons (Fsp3) is 0.200. The number of nitro groups is 1. The predicted molar refractivity (Wildman–Crippen MR) is 74.9 cm³/mol. The molecule has 6 heteroatoms. The monoisotopic (exact) mass is 291 g/mol. The number of aliphatic hydroxyl groups excluding tert-OH is 1. The first-order valence-corrected chi connectivity index (χ1v) is 6.29. The van der Waals surface area contributed by atoms with E-state index in [1.165, 1.54) is 37.3 Å². The second-order valence-electron chi connectivity index (χ2n) is 4.67. The van der Waals surface area contributed by atoms with Crippen LogP contribution < -0.4 is 4.74 Å². The maximum Gasteiger partial charge on any atom is 0.311 e. The lowest BCUT2D eigenvalue weighted by Gasteiger charge is -2.10. The highest BCUT2D eigenvalue weighted by atomic mass is 19.1. The first-order chi connectivity index (χ1) is 9.88. The molecule has 0 aliphatic heterocycles.